The zero-order valence-corrected chi connectivity index (χ0v) is 19.3. The number of anilines is 1. The Morgan fingerprint density at radius 3 is 2.34 bits per heavy atom. The second-order valence-electron chi connectivity index (χ2n) is 8.82. The predicted molar refractivity (Wildman–Crippen MR) is 122 cm³/mol. The number of carbonyl (C=O) groups excluding carboxylic acids is 2. The van der Waals surface area contributed by atoms with Crippen molar-refractivity contribution in [2.45, 2.75) is 52.4 Å². The van der Waals surface area contributed by atoms with Crippen molar-refractivity contribution < 1.29 is 19.1 Å². The smallest absolute Gasteiger partial charge is 0.260 e. The van der Waals surface area contributed by atoms with Crippen LogP contribution in [0.4, 0.5) is 5.69 Å². The molecule has 1 fully saturated rings. The van der Waals surface area contributed by atoms with Gasteiger partial charge in [0, 0.05) is 24.1 Å². The SMILES string of the molecule is CCOc1cc(C(=O)Nc2cnc(C(C)(C)C)nc2)ccc1OCC(=O)N1CCCCC1. The van der Waals surface area contributed by atoms with Crippen molar-refractivity contribution in [3.8, 4) is 11.5 Å². The molecule has 2 aromatic rings. The van der Waals surface area contributed by atoms with Gasteiger partial charge in [-0.25, -0.2) is 9.97 Å². The second-order valence-corrected chi connectivity index (χ2v) is 8.82. The van der Waals surface area contributed by atoms with E-state index in [0.717, 1.165) is 32.4 Å². The maximum Gasteiger partial charge on any atom is 0.260 e. The molecule has 0 saturated carbocycles. The number of nitrogens with one attached hydrogen (secondary N) is 1. The Morgan fingerprint density at radius 2 is 1.72 bits per heavy atom. The van der Waals surface area contributed by atoms with E-state index in [4.69, 9.17) is 9.47 Å². The maximum absolute atomic E-state index is 12.7. The summed E-state index contributed by atoms with van der Waals surface area (Å²) in [5, 5.41) is 2.80. The lowest BCUT2D eigenvalue weighted by molar-refractivity contribution is -0.134. The van der Waals surface area contributed by atoms with E-state index in [-0.39, 0.29) is 23.8 Å². The number of carbonyl (C=O) groups is 2. The lowest BCUT2D eigenvalue weighted by atomic mass is 9.96. The number of hydrogen-bond donors (Lipinski definition) is 1. The summed E-state index contributed by atoms with van der Waals surface area (Å²) in [5.41, 5.74) is 0.747. The summed E-state index contributed by atoms with van der Waals surface area (Å²) in [6, 6.07) is 4.91. The van der Waals surface area contributed by atoms with Gasteiger partial charge in [-0.1, -0.05) is 20.8 Å². The average molecular weight is 441 g/mol. The summed E-state index contributed by atoms with van der Waals surface area (Å²) in [6.45, 7) is 9.84. The van der Waals surface area contributed by atoms with Gasteiger partial charge in [0.05, 0.1) is 24.7 Å². The highest BCUT2D eigenvalue weighted by molar-refractivity contribution is 6.04. The fourth-order valence-corrected chi connectivity index (χ4v) is 3.39. The van der Waals surface area contributed by atoms with Crippen LogP contribution in [-0.4, -0.2) is 53.0 Å². The van der Waals surface area contributed by atoms with Gasteiger partial charge in [-0.3, -0.25) is 9.59 Å². The van der Waals surface area contributed by atoms with Crippen LogP contribution < -0.4 is 14.8 Å². The van der Waals surface area contributed by atoms with Crippen LogP contribution >= 0.6 is 0 Å². The number of benzene rings is 1. The lowest BCUT2D eigenvalue weighted by Gasteiger charge is -2.26. The molecule has 0 atom stereocenters. The molecular formula is C24H32N4O4. The number of piperidine rings is 1. The first-order chi connectivity index (χ1) is 15.3. The molecule has 1 aliphatic heterocycles. The number of aromatic nitrogens is 2. The van der Waals surface area contributed by atoms with Gasteiger partial charge in [-0.05, 0) is 44.4 Å². The molecule has 172 valence electrons. The third-order valence-electron chi connectivity index (χ3n) is 5.15. The summed E-state index contributed by atoms with van der Waals surface area (Å²) in [4.78, 5) is 35.6. The number of hydrogen-bond acceptors (Lipinski definition) is 6. The van der Waals surface area contributed by atoms with E-state index in [2.05, 4.69) is 15.3 Å². The maximum atomic E-state index is 12.7. The average Bonchev–Trinajstić information content (AvgIpc) is 2.78. The predicted octanol–water partition coefficient (Wildman–Crippen LogP) is 3.82. The van der Waals surface area contributed by atoms with Gasteiger partial charge in [0.25, 0.3) is 11.8 Å². The van der Waals surface area contributed by atoms with E-state index in [1.165, 1.54) is 0 Å². The van der Waals surface area contributed by atoms with Gasteiger partial charge in [0.2, 0.25) is 0 Å². The molecule has 2 amide bonds. The van der Waals surface area contributed by atoms with Crippen molar-refractivity contribution in [1.82, 2.24) is 14.9 Å². The minimum absolute atomic E-state index is 0.0346. The Morgan fingerprint density at radius 1 is 1.03 bits per heavy atom. The molecule has 2 heterocycles. The third-order valence-corrected chi connectivity index (χ3v) is 5.15. The van der Waals surface area contributed by atoms with E-state index in [1.807, 2.05) is 32.6 Å². The first-order valence-corrected chi connectivity index (χ1v) is 11.1. The Balaban J connectivity index is 1.66. The minimum Gasteiger partial charge on any atom is -0.490 e. The van der Waals surface area contributed by atoms with E-state index >= 15 is 0 Å². The fourth-order valence-electron chi connectivity index (χ4n) is 3.39. The molecule has 1 aromatic carbocycles. The molecule has 8 nitrogen and oxygen atoms in total. The quantitative estimate of drug-likeness (QED) is 0.704. The van der Waals surface area contributed by atoms with Gasteiger partial charge in [-0.15, -0.1) is 0 Å². The van der Waals surface area contributed by atoms with Crippen molar-refractivity contribution in [3.63, 3.8) is 0 Å². The Kier molecular flexibility index (Phi) is 7.66. The number of amides is 2. The van der Waals surface area contributed by atoms with Crippen molar-refractivity contribution in [3.05, 3.63) is 42.0 Å². The highest BCUT2D eigenvalue weighted by atomic mass is 16.5. The normalized spacial score (nSPS) is 14.1. The molecule has 0 bridgehead atoms. The van der Waals surface area contributed by atoms with Crippen molar-refractivity contribution >= 4 is 17.5 Å². The van der Waals surface area contributed by atoms with Crippen molar-refractivity contribution in [2.24, 2.45) is 0 Å². The zero-order chi connectivity index (χ0) is 23.1. The fraction of sp³-hybridized carbons (Fsp3) is 0.500. The van der Waals surface area contributed by atoms with E-state index < -0.39 is 0 Å². The molecule has 1 saturated heterocycles. The summed E-state index contributed by atoms with van der Waals surface area (Å²) >= 11 is 0. The molecule has 8 heteroatoms. The molecule has 3 rings (SSSR count). The standard InChI is InChI=1S/C24H32N4O4/c1-5-31-20-13-17(22(30)27-18-14-25-23(26-15-18)24(2,3)4)9-10-19(20)32-16-21(29)28-11-7-6-8-12-28/h9-10,13-15H,5-8,11-12,16H2,1-4H3,(H,27,30). The zero-order valence-electron chi connectivity index (χ0n) is 19.3. The molecule has 32 heavy (non-hydrogen) atoms. The monoisotopic (exact) mass is 440 g/mol. The topological polar surface area (TPSA) is 93.6 Å². The molecule has 0 spiro atoms. The lowest BCUT2D eigenvalue weighted by Crippen LogP contribution is -2.38. The first kappa shape index (κ1) is 23.5. The summed E-state index contributed by atoms with van der Waals surface area (Å²) in [6.07, 6.45) is 6.42. The van der Waals surface area contributed by atoms with Crippen LogP contribution in [0.25, 0.3) is 0 Å². The Labute approximate surface area is 189 Å². The van der Waals surface area contributed by atoms with Gasteiger partial charge in [-0.2, -0.15) is 0 Å². The van der Waals surface area contributed by atoms with Crippen molar-refractivity contribution in [2.75, 3.05) is 31.6 Å². The number of ether oxygens (including phenoxy) is 2. The molecular weight excluding hydrogens is 408 g/mol. The minimum atomic E-state index is -0.311. The summed E-state index contributed by atoms with van der Waals surface area (Å²) in [7, 11) is 0. The highest BCUT2D eigenvalue weighted by Gasteiger charge is 2.19. The van der Waals surface area contributed by atoms with Gasteiger partial charge >= 0.3 is 0 Å². The van der Waals surface area contributed by atoms with Crippen LogP contribution in [0, 0.1) is 0 Å². The number of likely N-dealkylation sites (tertiary alicyclic amines) is 1. The third kappa shape index (κ3) is 6.18. The van der Waals surface area contributed by atoms with E-state index in [1.54, 1.807) is 30.6 Å². The van der Waals surface area contributed by atoms with Crippen LogP contribution in [0.3, 0.4) is 0 Å². The Hall–Kier alpha value is -3.16. The van der Waals surface area contributed by atoms with Crippen LogP contribution in [0.1, 0.15) is 63.1 Å². The molecule has 1 aliphatic rings. The summed E-state index contributed by atoms with van der Waals surface area (Å²) in [5.74, 6) is 1.22. The molecule has 1 aromatic heterocycles. The van der Waals surface area contributed by atoms with Gasteiger partial charge < -0.3 is 19.7 Å². The van der Waals surface area contributed by atoms with Crippen LogP contribution in [0.15, 0.2) is 30.6 Å². The van der Waals surface area contributed by atoms with Gasteiger partial charge in [0.1, 0.15) is 5.82 Å². The number of nitrogens with zero attached hydrogens (tertiary/aromatic N) is 3. The van der Waals surface area contributed by atoms with Crippen LogP contribution in [0.2, 0.25) is 0 Å². The van der Waals surface area contributed by atoms with E-state index in [0.29, 0.717) is 35.2 Å². The van der Waals surface area contributed by atoms with Gasteiger partial charge in [0.15, 0.2) is 18.1 Å². The molecule has 0 unspecified atom stereocenters. The summed E-state index contributed by atoms with van der Waals surface area (Å²) < 4.78 is 11.4. The Bertz CT molecular complexity index is 932. The van der Waals surface area contributed by atoms with Crippen LogP contribution in [-0.2, 0) is 10.2 Å². The molecule has 0 radical (unpaired) electrons. The highest BCUT2D eigenvalue weighted by Crippen LogP contribution is 2.29. The van der Waals surface area contributed by atoms with Crippen molar-refractivity contribution in [1.29, 1.82) is 0 Å². The van der Waals surface area contributed by atoms with Crippen LogP contribution in [0.5, 0.6) is 11.5 Å². The number of rotatable bonds is 7. The second kappa shape index (κ2) is 10.4. The van der Waals surface area contributed by atoms with E-state index in [9.17, 15) is 9.59 Å². The molecule has 0 aliphatic carbocycles. The molecule has 1 N–H and O–H groups in total. The largest absolute Gasteiger partial charge is 0.490 e. The first-order valence-electron chi connectivity index (χ1n) is 11.1.